The standard InChI is InChI=1S/C58H90N4O32/c1-55(2,3)29-33(69)37(73)53(93-43(29)51(83)84)89-23(19-63)39(47(75)76)87-21(27-31(67)35(71)45(57(7,8)9)91-41(27)49(79)80)17-59-61-25(65)15-13-14-16-26(66)62-60-18-22(28-32(68)36(72)46(58(10,11)12)92-42(28)50(81)82)88-40(48(77)78)24(20-64)90-54-38(74)34(70)30(56(4,5)6)44(94-54)52(85)86/h17-24,27-46,53-54,67-74H,13-16H2,1-12H3,(H,61,65)(H,62,66)(H,75,76)(H,77,78)(H,79,80)(H,81,82)(H,83,84)(H,85,86)/b59-17+,60-18+/t21?,22?,23?,24?,27-,28+,29-,30+,31+,32?,33+,34?,35-,36+,37?,38+,39?,40?,41?,42?,43?,44?,45?,46-,53+,54-/m0/s1. The summed E-state index contributed by atoms with van der Waals surface area (Å²) in [5, 5.41) is 159. The Hall–Kier alpha value is -6.20. The van der Waals surface area contributed by atoms with Gasteiger partial charge in [-0.05, 0) is 34.5 Å². The first kappa shape index (κ1) is 80.2. The van der Waals surface area contributed by atoms with Crippen LogP contribution in [0, 0.1) is 45.3 Å². The van der Waals surface area contributed by atoms with Crippen molar-refractivity contribution in [3.8, 4) is 0 Å². The van der Waals surface area contributed by atoms with Crippen LogP contribution >= 0.6 is 0 Å². The van der Waals surface area contributed by atoms with Crippen molar-refractivity contribution in [2.75, 3.05) is 0 Å². The minimum Gasteiger partial charge on any atom is -0.479 e. The molecule has 4 saturated heterocycles. The first-order valence-electron chi connectivity index (χ1n) is 29.8. The molecule has 0 saturated carbocycles. The lowest BCUT2D eigenvalue weighted by atomic mass is 9.71. The molecule has 0 bridgehead atoms. The van der Waals surface area contributed by atoms with Crippen molar-refractivity contribution in [2.45, 2.75) is 243 Å². The largest absolute Gasteiger partial charge is 0.479 e. The highest BCUT2D eigenvalue weighted by molar-refractivity contribution is 5.82. The van der Waals surface area contributed by atoms with E-state index in [-0.39, 0.29) is 25.4 Å². The van der Waals surface area contributed by atoms with Crippen molar-refractivity contribution in [3.05, 3.63) is 0 Å². The second kappa shape index (κ2) is 32.7. The molecule has 26 atom stereocenters. The first-order chi connectivity index (χ1) is 43.2. The summed E-state index contributed by atoms with van der Waals surface area (Å²) in [4.78, 5) is 128. The number of hydrazone groups is 2. The predicted octanol–water partition coefficient (Wildman–Crippen LogP) is -3.54. The quantitative estimate of drug-likeness (QED) is 0.0149. The number of aldehydes is 2. The highest BCUT2D eigenvalue weighted by Crippen LogP contribution is 2.43. The third-order valence-corrected chi connectivity index (χ3v) is 16.5. The van der Waals surface area contributed by atoms with E-state index >= 15 is 0 Å². The van der Waals surface area contributed by atoms with Crippen LogP contribution in [0.2, 0.25) is 0 Å². The van der Waals surface area contributed by atoms with Gasteiger partial charge in [0.2, 0.25) is 11.8 Å². The third-order valence-electron chi connectivity index (χ3n) is 16.5. The van der Waals surface area contributed by atoms with Crippen LogP contribution in [-0.4, -0.2) is 279 Å². The van der Waals surface area contributed by atoms with Crippen molar-refractivity contribution < 1.29 is 157 Å². The number of aliphatic hydroxyl groups excluding tert-OH is 8. The van der Waals surface area contributed by atoms with Crippen LogP contribution in [0.3, 0.4) is 0 Å². The van der Waals surface area contributed by atoms with E-state index in [1.165, 1.54) is 83.1 Å². The average Bonchev–Trinajstić information content (AvgIpc) is 0.791. The number of nitrogens with one attached hydrogen (secondary N) is 2. The van der Waals surface area contributed by atoms with Crippen LogP contribution in [0.4, 0.5) is 0 Å². The summed E-state index contributed by atoms with van der Waals surface area (Å²) in [5.74, 6) is -19.4. The van der Waals surface area contributed by atoms with Gasteiger partial charge in [-0.1, -0.05) is 83.1 Å². The van der Waals surface area contributed by atoms with Gasteiger partial charge in [0, 0.05) is 24.7 Å². The summed E-state index contributed by atoms with van der Waals surface area (Å²) >= 11 is 0. The van der Waals surface area contributed by atoms with Gasteiger partial charge >= 0.3 is 35.8 Å². The van der Waals surface area contributed by atoms with Crippen LogP contribution in [-0.2, 0) is 85.8 Å². The summed E-state index contributed by atoms with van der Waals surface area (Å²) in [5.41, 5.74) is -0.0336. The molecule has 16 N–H and O–H groups in total. The smallest absolute Gasteiger partial charge is 0.336 e. The average molecular weight is 1360 g/mol. The number of carboxylic acid groups (broad SMARTS) is 6. The lowest BCUT2D eigenvalue weighted by Crippen LogP contribution is -2.64. The number of carboxylic acids is 6. The Morgan fingerprint density at radius 3 is 0.968 bits per heavy atom. The van der Waals surface area contributed by atoms with E-state index < -0.39 is 240 Å². The Kier molecular flexibility index (Phi) is 27.9. The molecule has 0 aliphatic carbocycles. The summed E-state index contributed by atoms with van der Waals surface area (Å²) in [7, 11) is 0. The van der Waals surface area contributed by atoms with E-state index in [0.717, 1.165) is 0 Å². The van der Waals surface area contributed by atoms with Gasteiger partial charge in [0.05, 0.1) is 60.9 Å². The number of carbonyl (C=O) groups excluding carboxylic acids is 4. The van der Waals surface area contributed by atoms with Crippen LogP contribution in [0.5, 0.6) is 0 Å². The summed E-state index contributed by atoms with van der Waals surface area (Å²) in [6, 6.07) is 0. The molecule has 4 heterocycles. The first-order valence-corrected chi connectivity index (χ1v) is 29.8. The molecular weight excluding hydrogens is 1260 g/mol. The molecule has 2 amide bonds. The van der Waals surface area contributed by atoms with Gasteiger partial charge in [0.25, 0.3) is 0 Å². The number of aliphatic carboxylic acids is 6. The fraction of sp³-hybridized carbons (Fsp3) is 0.793. The second-order valence-corrected chi connectivity index (χ2v) is 27.8. The van der Waals surface area contributed by atoms with E-state index in [0.29, 0.717) is 12.4 Å². The highest BCUT2D eigenvalue weighted by atomic mass is 16.7. The van der Waals surface area contributed by atoms with Crippen molar-refractivity contribution in [2.24, 2.45) is 55.5 Å². The SMILES string of the molecule is CC(C)(C)C1OC(C(=O)O)[C@@H](C(/C=N/NC(=O)CCCCC(=O)N/N=C/C(OC(C(=O)O)C(C=O)O[C@H]2OC(C(=O)O)[C@H](C(C)(C)C)C(O)[C@H]2O)[C@H]2C(C(=O)O)O[C@H](C(C)(C)C)[C@H](O)C2O)OC(C(=O)O)C(C=O)O[C@@H]2OC(C(=O)O)[C@@H](C(C)(C)C)[C@@H](O)C2O)[C@@H](O)[C@@H]1O. The van der Waals surface area contributed by atoms with E-state index in [1.807, 2.05) is 0 Å². The number of hydrogen-bond donors (Lipinski definition) is 16. The molecule has 4 rings (SSSR count). The zero-order valence-electron chi connectivity index (χ0n) is 53.7. The van der Waals surface area contributed by atoms with Crippen molar-refractivity contribution >= 4 is 72.6 Å². The van der Waals surface area contributed by atoms with Gasteiger partial charge < -0.3 is 119 Å². The molecular formula is C58H90N4O32. The molecule has 0 aromatic carbocycles. The minimum absolute atomic E-state index is 0.143. The molecule has 4 fully saturated rings. The molecule has 0 radical (unpaired) electrons. The summed E-state index contributed by atoms with van der Waals surface area (Å²) in [6.07, 6.45) is -46.1. The molecule has 36 heteroatoms. The van der Waals surface area contributed by atoms with Crippen LogP contribution < -0.4 is 10.9 Å². The van der Waals surface area contributed by atoms with Gasteiger partial charge in [-0.25, -0.2) is 39.6 Å². The molecule has 0 aromatic rings. The zero-order chi connectivity index (χ0) is 71.8. The second-order valence-electron chi connectivity index (χ2n) is 27.8. The number of nitrogens with zero attached hydrogens (tertiary/aromatic N) is 2. The third kappa shape index (κ3) is 19.7. The Bertz CT molecular complexity index is 2540. The summed E-state index contributed by atoms with van der Waals surface area (Å²) in [6.45, 7) is 18.4. The number of amides is 2. The Labute approximate surface area is 538 Å². The molecule has 4 aliphatic heterocycles. The Morgan fingerprint density at radius 1 is 0.426 bits per heavy atom. The van der Waals surface area contributed by atoms with Crippen molar-refractivity contribution in [3.63, 3.8) is 0 Å². The van der Waals surface area contributed by atoms with E-state index in [1.54, 1.807) is 0 Å². The van der Waals surface area contributed by atoms with Gasteiger partial charge in [-0.2, -0.15) is 10.2 Å². The molecule has 14 unspecified atom stereocenters. The lowest BCUT2D eigenvalue weighted by molar-refractivity contribution is -0.308. The van der Waals surface area contributed by atoms with Gasteiger partial charge in [0.15, 0.2) is 74.0 Å². The van der Waals surface area contributed by atoms with Crippen LogP contribution in [0.15, 0.2) is 10.2 Å². The maximum atomic E-state index is 13.2. The lowest BCUT2D eigenvalue weighted by Gasteiger charge is -2.48. The number of ether oxygens (including phenoxy) is 8. The van der Waals surface area contributed by atoms with Crippen molar-refractivity contribution in [1.29, 1.82) is 0 Å². The van der Waals surface area contributed by atoms with Gasteiger partial charge in [-0.15, -0.1) is 0 Å². The molecule has 4 aliphatic rings. The molecule has 0 spiro atoms. The number of hydrogen-bond acceptors (Lipinski definition) is 28. The number of unbranched alkanes of at least 4 members (excludes halogenated alkanes) is 1. The summed E-state index contributed by atoms with van der Waals surface area (Å²) < 4.78 is 44.7. The van der Waals surface area contributed by atoms with Gasteiger partial charge in [0.1, 0.15) is 36.6 Å². The van der Waals surface area contributed by atoms with E-state index in [2.05, 4.69) is 21.1 Å². The monoisotopic (exact) mass is 1350 g/mol. The minimum atomic E-state index is -2.60. The Morgan fingerprint density at radius 2 is 0.723 bits per heavy atom. The number of rotatable bonds is 29. The van der Waals surface area contributed by atoms with Gasteiger partial charge in [-0.3, -0.25) is 9.59 Å². The van der Waals surface area contributed by atoms with Crippen LogP contribution in [0.25, 0.3) is 0 Å². The normalized spacial score (nSPS) is 34.0. The highest BCUT2D eigenvalue weighted by Gasteiger charge is 2.59. The predicted molar refractivity (Wildman–Crippen MR) is 311 cm³/mol. The fourth-order valence-corrected chi connectivity index (χ4v) is 11.8. The maximum Gasteiger partial charge on any atom is 0.336 e. The molecule has 36 nitrogen and oxygen atoms in total. The molecule has 0 aromatic heterocycles. The molecule has 534 valence electrons. The topological polar surface area (TPSA) is 577 Å². The Balaban J connectivity index is 1.57. The zero-order valence-corrected chi connectivity index (χ0v) is 53.7. The van der Waals surface area contributed by atoms with E-state index in [4.69, 9.17) is 37.9 Å². The molecule has 94 heavy (non-hydrogen) atoms. The van der Waals surface area contributed by atoms with Crippen LogP contribution in [0.1, 0.15) is 109 Å². The fourth-order valence-electron chi connectivity index (χ4n) is 11.8. The number of carbonyl (C=O) groups is 10. The van der Waals surface area contributed by atoms with Crippen molar-refractivity contribution in [1.82, 2.24) is 10.9 Å². The maximum absolute atomic E-state index is 13.2. The van der Waals surface area contributed by atoms with E-state index in [9.17, 15) is 119 Å². The number of aliphatic hydroxyl groups is 8.